The number of ether oxygens (including phenoxy) is 1. The Hall–Kier alpha value is -5.08. The summed E-state index contributed by atoms with van der Waals surface area (Å²) in [7, 11) is 0. The van der Waals surface area contributed by atoms with Crippen LogP contribution < -0.4 is 20.7 Å². The number of piperazine rings is 1. The monoisotopic (exact) mass is 904 g/mol. The van der Waals surface area contributed by atoms with Gasteiger partial charge in [0.05, 0.1) is 17.6 Å². The van der Waals surface area contributed by atoms with E-state index in [0.29, 0.717) is 64.2 Å². The van der Waals surface area contributed by atoms with Gasteiger partial charge in [0.1, 0.15) is 22.3 Å². The molecule has 64 heavy (non-hydrogen) atoms. The molecule has 7 aliphatic rings. The number of rotatable bonds is 10. The molecule has 334 valence electrons. The van der Waals surface area contributed by atoms with Crippen LogP contribution in [-0.2, 0) is 34.4 Å². The lowest BCUT2D eigenvalue weighted by Crippen LogP contribution is -2.52. The summed E-state index contributed by atoms with van der Waals surface area (Å²) in [5.41, 5.74) is 12.0. The van der Waals surface area contributed by atoms with Crippen molar-refractivity contribution in [2.45, 2.75) is 95.1 Å². The third-order valence-electron chi connectivity index (χ3n) is 15.3. The summed E-state index contributed by atoms with van der Waals surface area (Å²) in [5.74, 6) is 1.53. The second-order valence-electron chi connectivity index (χ2n) is 19.3. The number of carbonyl (C=O) groups excluding carboxylic acids is 3. The average molecular weight is 906 g/mol. The van der Waals surface area contributed by atoms with E-state index in [1.165, 1.54) is 16.2 Å². The number of hydrogen-bond donors (Lipinski definition) is 2. The molecule has 15 nitrogen and oxygen atoms in total. The number of piperidine rings is 2. The Bertz CT molecular complexity index is 2570. The molecule has 3 aliphatic carbocycles. The highest BCUT2D eigenvalue weighted by Gasteiger charge is 2.49. The molecular weight excluding hydrogens is 852 g/mol. The van der Waals surface area contributed by atoms with Gasteiger partial charge in [-0.25, -0.2) is 4.98 Å². The molecule has 1 saturated carbocycles. The van der Waals surface area contributed by atoms with Crippen LogP contribution in [0.5, 0.6) is 5.88 Å². The molecule has 3 saturated heterocycles. The Morgan fingerprint density at radius 1 is 0.969 bits per heavy atom. The predicted molar refractivity (Wildman–Crippen MR) is 240 cm³/mol. The molecule has 11 rings (SSSR count). The SMILES string of the molecule is N#Cc1c(N)sc2c1C1(CCC2)CCCc2c(-c3nc(Cl)cc(OCC4(CN5CCN(CC6CCN(c7ccc8c(c7)CN(C7CCC(=O)NC7=O)C8=O)CC6)CC5)CC4)n3)noc21. The van der Waals surface area contributed by atoms with Crippen molar-refractivity contribution in [2.24, 2.45) is 11.3 Å². The average Bonchev–Trinajstić information content (AvgIpc) is 3.58. The molecule has 3 aromatic heterocycles. The summed E-state index contributed by atoms with van der Waals surface area (Å²) in [6.07, 6.45) is 10.5. The molecule has 2 unspecified atom stereocenters. The maximum absolute atomic E-state index is 13.2. The van der Waals surface area contributed by atoms with Gasteiger partial charge < -0.3 is 34.6 Å². The number of aryl methyl sites for hydroxylation is 1. The van der Waals surface area contributed by atoms with Crippen molar-refractivity contribution in [1.29, 1.82) is 5.26 Å². The molecule has 0 bridgehead atoms. The molecule has 4 fully saturated rings. The maximum atomic E-state index is 13.2. The Balaban J connectivity index is 0.662. The number of anilines is 2. The second-order valence-corrected chi connectivity index (χ2v) is 20.8. The van der Waals surface area contributed by atoms with Crippen LogP contribution in [0.2, 0.25) is 5.15 Å². The molecular formula is C47H53ClN10O5S. The van der Waals surface area contributed by atoms with Crippen LogP contribution in [0.15, 0.2) is 28.8 Å². The molecule has 0 radical (unpaired) electrons. The van der Waals surface area contributed by atoms with Crippen molar-refractivity contribution >= 4 is 51.3 Å². The number of nitrogens with one attached hydrogen (secondary N) is 1. The molecule has 1 aromatic carbocycles. The summed E-state index contributed by atoms with van der Waals surface area (Å²) < 4.78 is 12.6. The summed E-state index contributed by atoms with van der Waals surface area (Å²) in [6.45, 7) is 9.26. The molecule has 3 amide bonds. The molecule has 3 N–H and O–H groups in total. The van der Waals surface area contributed by atoms with Crippen LogP contribution in [0.3, 0.4) is 0 Å². The zero-order chi connectivity index (χ0) is 43.7. The fourth-order valence-corrected chi connectivity index (χ4v) is 13.0. The minimum atomic E-state index is -0.597. The highest BCUT2D eigenvalue weighted by molar-refractivity contribution is 7.16. The third kappa shape index (κ3) is 7.51. The summed E-state index contributed by atoms with van der Waals surface area (Å²) in [4.78, 5) is 57.2. The lowest BCUT2D eigenvalue weighted by Gasteiger charge is -2.40. The van der Waals surface area contributed by atoms with E-state index in [4.69, 9.17) is 31.6 Å². The van der Waals surface area contributed by atoms with Gasteiger partial charge >= 0.3 is 0 Å². The topological polar surface area (TPSA) is 187 Å². The van der Waals surface area contributed by atoms with Crippen LogP contribution in [0.25, 0.3) is 11.5 Å². The fourth-order valence-electron chi connectivity index (χ4n) is 11.6. The predicted octanol–water partition coefficient (Wildman–Crippen LogP) is 5.71. The van der Waals surface area contributed by atoms with Gasteiger partial charge in [0.25, 0.3) is 5.91 Å². The number of hydrogen-bond acceptors (Lipinski definition) is 14. The number of imide groups is 1. The van der Waals surface area contributed by atoms with Crippen LogP contribution in [-0.4, -0.2) is 113 Å². The zero-order valence-corrected chi connectivity index (χ0v) is 37.6. The van der Waals surface area contributed by atoms with E-state index in [1.54, 1.807) is 11.0 Å². The van der Waals surface area contributed by atoms with Crippen molar-refractivity contribution in [2.75, 3.05) is 69.6 Å². The Morgan fingerprint density at radius 3 is 2.52 bits per heavy atom. The largest absolute Gasteiger partial charge is 0.477 e. The van der Waals surface area contributed by atoms with E-state index in [1.807, 2.05) is 12.1 Å². The minimum Gasteiger partial charge on any atom is -0.477 e. The second kappa shape index (κ2) is 16.4. The standard InChI is InChI=1S/C47H53ClN10O5S/c48-36-22-38(53-43(51-36)40-32-3-1-11-47(41(32)63-54-40)12-2-4-35-39(47)33(23-49)42(50)64-35)62-27-46(13-14-46)26-56-19-17-55(18-20-56)24-28-9-15-57(16-10-28)30-5-6-31-29(21-30)25-58(45(31)61)34-7-8-37(59)52-44(34)60/h5-6,21-22,28,34H,1-4,7-20,24-27,50H2,(H,52,59,60). The van der Waals surface area contributed by atoms with Gasteiger partial charge in [0.15, 0.2) is 17.3 Å². The van der Waals surface area contributed by atoms with Gasteiger partial charge in [-0.2, -0.15) is 10.2 Å². The van der Waals surface area contributed by atoms with E-state index in [9.17, 15) is 19.6 Å². The number of nitrogens with two attached hydrogens (primary N) is 1. The van der Waals surface area contributed by atoms with E-state index in [2.05, 4.69) is 42.3 Å². The molecule has 2 atom stereocenters. The normalized spacial score (nSPS) is 24.6. The van der Waals surface area contributed by atoms with E-state index >= 15 is 0 Å². The maximum Gasteiger partial charge on any atom is 0.255 e. The summed E-state index contributed by atoms with van der Waals surface area (Å²) in [6, 6.07) is 9.56. The number of nitrogens with zero attached hydrogens (tertiary/aromatic N) is 8. The van der Waals surface area contributed by atoms with Crippen LogP contribution in [0.4, 0.5) is 10.7 Å². The molecule has 17 heteroatoms. The number of benzene rings is 1. The first-order valence-electron chi connectivity index (χ1n) is 23.0. The molecule has 4 aliphatic heterocycles. The summed E-state index contributed by atoms with van der Waals surface area (Å²) >= 11 is 8.15. The number of thiophene rings is 1. The number of carbonyl (C=O) groups is 3. The van der Waals surface area contributed by atoms with Crippen molar-refractivity contribution in [3.05, 3.63) is 67.9 Å². The number of aromatic nitrogens is 3. The van der Waals surface area contributed by atoms with Crippen molar-refractivity contribution in [3.63, 3.8) is 0 Å². The van der Waals surface area contributed by atoms with Crippen LogP contribution in [0, 0.1) is 22.7 Å². The van der Waals surface area contributed by atoms with Crippen molar-refractivity contribution in [3.8, 4) is 23.5 Å². The smallest absolute Gasteiger partial charge is 0.255 e. The first kappa shape index (κ1) is 41.6. The summed E-state index contributed by atoms with van der Waals surface area (Å²) in [5, 5.41) is 17.9. The minimum absolute atomic E-state index is 0.0968. The number of nitriles is 1. The Kier molecular flexibility index (Phi) is 10.7. The van der Waals surface area contributed by atoms with Crippen LogP contribution >= 0.6 is 22.9 Å². The molecule has 1 spiro atoms. The van der Waals surface area contributed by atoms with E-state index in [0.717, 1.165) is 145 Å². The van der Waals surface area contributed by atoms with Gasteiger partial charge in [-0.15, -0.1) is 11.3 Å². The highest BCUT2D eigenvalue weighted by atomic mass is 35.5. The first-order chi connectivity index (χ1) is 31.1. The quantitative estimate of drug-likeness (QED) is 0.146. The Labute approximate surface area is 381 Å². The first-order valence-corrected chi connectivity index (χ1v) is 24.2. The van der Waals surface area contributed by atoms with Gasteiger partial charge in [0.2, 0.25) is 17.7 Å². The van der Waals surface area contributed by atoms with Gasteiger partial charge in [0, 0.05) is 98.5 Å². The van der Waals surface area contributed by atoms with Crippen LogP contribution in [0.1, 0.15) is 107 Å². The van der Waals surface area contributed by atoms with Gasteiger partial charge in [-0.05, 0) is 106 Å². The number of amides is 3. The molecule has 4 aromatic rings. The molecule has 7 heterocycles. The van der Waals surface area contributed by atoms with E-state index < -0.39 is 11.5 Å². The third-order valence-corrected chi connectivity index (χ3v) is 16.5. The van der Waals surface area contributed by atoms with Gasteiger partial charge in [-0.3, -0.25) is 19.7 Å². The zero-order valence-electron chi connectivity index (χ0n) is 36.0. The Morgan fingerprint density at radius 2 is 1.75 bits per heavy atom. The van der Waals surface area contributed by atoms with Crippen molar-refractivity contribution < 1.29 is 23.6 Å². The lowest BCUT2D eigenvalue weighted by molar-refractivity contribution is -0.136. The van der Waals surface area contributed by atoms with Gasteiger partial charge in [-0.1, -0.05) is 16.8 Å². The fraction of sp³-hybridized carbons (Fsp3) is 0.553. The highest BCUT2D eigenvalue weighted by Crippen LogP contribution is 2.55. The van der Waals surface area contributed by atoms with Crippen molar-refractivity contribution in [1.82, 2.24) is 35.1 Å². The number of nitrogen functional groups attached to an aromatic ring is 1. The van der Waals surface area contributed by atoms with E-state index in [-0.39, 0.29) is 29.6 Å². The lowest BCUT2D eigenvalue weighted by atomic mass is 9.63. The number of halogens is 1. The number of fused-ring (bicyclic) bond motifs is 5.